The zero-order chi connectivity index (χ0) is 17.9. The van der Waals surface area contributed by atoms with Crippen LogP contribution in [0.15, 0.2) is 34.8 Å². The van der Waals surface area contributed by atoms with Crippen molar-refractivity contribution in [2.45, 2.75) is 27.8 Å². The van der Waals surface area contributed by atoms with E-state index in [1.54, 1.807) is 25.2 Å². The van der Waals surface area contributed by atoms with E-state index in [1.165, 1.54) is 0 Å². The average Bonchev–Trinajstić information content (AvgIpc) is 2.58. The lowest BCUT2D eigenvalue weighted by molar-refractivity contribution is -0.114. The second kappa shape index (κ2) is 9.02. The standard InChI is InChI=1S/C18H19BrClN3O.CH4/c1-10-11(2)17(22-3)14(8-15(10)19)16(21)18(24)23-9-12-4-6-13(20)7-5-12;/h4-8,21-22H,9H2,1-3H3,(H,23,24);1H4. The van der Waals surface area contributed by atoms with Gasteiger partial charge in [-0.15, -0.1) is 0 Å². The lowest BCUT2D eigenvalue weighted by Crippen LogP contribution is -2.31. The minimum absolute atomic E-state index is 0. The van der Waals surface area contributed by atoms with Crippen LogP contribution in [0.25, 0.3) is 0 Å². The number of anilines is 1. The maximum absolute atomic E-state index is 12.4. The molecule has 0 aromatic heterocycles. The molecule has 0 aliphatic heterocycles. The van der Waals surface area contributed by atoms with Crippen LogP contribution in [0.2, 0.25) is 5.02 Å². The van der Waals surface area contributed by atoms with E-state index in [0.29, 0.717) is 17.1 Å². The van der Waals surface area contributed by atoms with Crippen LogP contribution in [0.4, 0.5) is 5.69 Å². The molecule has 2 rings (SSSR count). The second-order valence-electron chi connectivity index (χ2n) is 5.47. The fraction of sp³-hybridized carbons (Fsp3) is 0.263. The first-order chi connectivity index (χ1) is 11.3. The van der Waals surface area contributed by atoms with Crippen molar-refractivity contribution in [3.8, 4) is 0 Å². The molecule has 3 N–H and O–H groups in total. The van der Waals surface area contributed by atoms with Crippen LogP contribution in [0.5, 0.6) is 0 Å². The van der Waals surface area contributed by atoms with Gasteiger partial charge in [0, 0.05) is 34.3 Å². The van der Waals surface area contributed by atoms with Crippen LogP contribution < -0.4 is 10.6 Å². The van der Waals surface area contributed by atoms with E-state index in [9.17, 15) is 4.79 Å². The summed E-state index contributed by atoms with van der Waals surface area (Å²) in [6.07, 6.45) is 0. The molecule has 0 aliphatic carbocycles. The highest BCUT2D eigenvalue weighted by Gasteiger charge is 2.19. The summed E-state index contributed by atoms with van der Waals surface area (Å²) in [4.78, 5) is 12.4. The highest BCUT2D eigenvalue weighted by atomic mass is 79.9. The molecule has 0 radical (unpaired) electrons. The maximum atomic E-state index is 12.4. The molecule has 25 heavy (non-hydrogen) atoms. The van der Waals surface area contributed by atoms with Gasteiger partial charge < -0.3 is 10.6 Å². The van der Waals surface area contributed by atoms with Gasteiger partial charge in [0.25, 0.3) is 5.91 Å². The molecule has 134 valence electrons. The Kier molecular flexibility index (Phi) is 7.64. The van der Waals surface area contributed by atoms with Crippen molar-refractivity contribution in [1.82, 2.24) is 5.32 Å². The lowest BCUT2D eigenvalue weighted by atomic mass is 9.99. The molecular formula is C19H23BrClN3O. The summed E-state index contributed by atoms with van der Waals surface area (Å²) in [6.45, 7) is 4.31. The first-order valence-corrected chi connectivity index (χ1v) is 8.61. The number of halogens is 2. The Hall–Kier alpha value is -1.85. The maximum Gasteiger partial charge on any atom is 0.270 e. The van der Waals surface area contributed by atoms with Crippen molar-refractivity contribution in [3.63, 3.8) is 0 Å². The van der Waals surface area contributed by atoms with Gasteiger partial charge in [0.05, 0.1) is 0 Å². The van der Waals surface area contributed by atoms with Gasteiger partial charge in [-0.2, -0.15) is 0 Å². The molecule has 0 bridgehead atoms. The predicted molar refractivity (Wildman–Crippen MR) is 110 cm³/mol. The van der Waals surface area contributed by atoms with Crippen molar-refractivity contribution in [2.24, 2.45) is 0 Å². The molecule has 2 aromatic carbocycles. The number of hydrogen-bond acceptors (Lipinski definition) is 3. The lowest BCUT2D eigenvalue weighted by Gasteiger charge is -2.16. The predicted octanol–water partition coefficient (Wildman–Crippen LogP) is 5.08. The second-order valence-corrected chi connectivity index (χ2v) is 6.76. The Labute approximate surface area is 162 Å². The highest BCUT2D eigenvalue weighted by molar-refractivity contribution is 9.10. The van der Waals surface area contributed by atoms with Gasteiger partial charge in [-0.05, 0) is 48.7 Å². The smallest absolute Gasteiger partial charge is 0.270 e. The van der Waals surface area contributed by atoms with E-state index >= 15 is 0 Å². The number of carbonyl (C=O) groups excluding carboxylic acids is 1. The molecular weight excluding hydrogens is 402 g/mol. The average molecular weight is 425 g/mol. The van der Waals surface area contributed by atoms with E-state index in [4.69, 9.17) is 17.0 Å². The third-order valence-electron chi connectivity index (χ3n) is 3.95. The fourth-order valence-corrected chi connectivity index (χ4v) is 3.04. The zero-order valence-electron chi connectivity index (χ0n) is 13.8. The van der Waals surface area contributed by atoms with Crippen LogP contribution in [-0.2, 0) is 11.3 Å². The number of amides is 1. The molecule has 0 fully saturated rings. The van der Waals surface area contributed by atoms with E-state index in [-0.39, 0.29) is 13.1 Å². The molecule has 1 amide bonds. The number of rotatable bonds is 5. The van der Waals surface area contributed by atoms with Crippen molar-refractivity contribution < 1.29 is 4.79 Å². The van der Waals surface area contributed by atoms with Gasteiger partial charge in [-0.25, -0.2) is 0 Å². The zero-order valence-corrected chi connectivity index (χ0v) is 16.1. The Morgan fingerprint density at radius 2 is 1.80 bits per heavy atom. The van der Waals surface area contributed by atoms with Crippen LogP contribution in [-0.4, -0.2) is 18.7 Å². The van der Waals surface area contributed by atoms with E-state index in [2.05, 4.69) is 26.6 Å². The Bertz CT molecular complexity index is 788. The van der Waals surface area contributed by atoms with Crippen molar-refractivity contribution in [1.29, 1.82) is 5.41 Å². The van der Waals surface area contributed by atoms with Crippen LogP contribution in [0.1, 0.15) is 29.7 Å². The quantitative estimate of drug-likeness (QED) is 0.586. The summed E-state index contributed by atoms with van der Waals surface area (Å²) in [5, 5.41) is 14.8. The van der Waals surface area contributed by atoms with Crippen LogP contribution >= 0.6 is 27.5 Å². The summed E-state index contributed by atoms with van der Waals surface area (Å²) < 4.78 is 0.879. The van der Waals surface area contributed by atoms with Crippen LogP contribution in [0.3, 0.4) is 0 Å². The summed E-state index contributed by atoms with van der Waals surface area (Å²) in [7, 11) is 1.79. The molecule has 0 saturated heterocycles. The molecule has 0 aliphatic rings. The number of nitrogens with one attached hydrogen (secondary N) is 3. The number of carbonyl (C=O) groups is 1. The van der Waals surface area contributed by atoms with Gasteiger partial charge in [-0.1, -0.05) is 47.1 Å². The summed E-state index contributed by atoms with van der Waals surface area (Å²) in [5.41, 5.74) is 4.31. The van der Waals surface area contributed by atoms with E-state index in [0.717, 1.165) is 26.9 Å². The van der Waals surface area contributed by atoms with Gasteiger partial charge in [-0.3, -0.25) is 10.2 Å². The molecule has 4 nitrogen and oxygen atoms in total. The van der Waals surface area contributed by atoms with Gasteiger partial charge in [0.1, 0.15) is 5.71 Å². The van der Waals surface area contributed by atoms with Crippen molar-refractivity contribution >= 4 is 44.8 Å². The Morgan fingerprint density at radius 1 is 1.20 bits per heavy atom. The van der Waals surface area contributed by atoms with E-state index < -0.39 is 5.91 Å². The molecule has 0 saturated carbocycles. The molecule has 6 heteroatoms. The van der Waals surface area contributed by atoms with Gasteiger partial charge in [0.2, 0.25) is 0 Å². The minimum atomic E-state index is -0.420. The Morgan fingerprint density at radius 3 is 2.36 bits per heavy atom. The minimum Gasteiger partial charge on any atom is -0.387 e. The van der Waals surface area contributed by atoms with E-state index in [1.807, 2.05) is 26.0 Å². The van der Waals surface area contributed by atoms with Crippen LogP contribution in [0, 0.1) is 19.3 Å². The fourth-order valence-electron chi connectivity index (χ4n) is 2.39. The topological polar surface area (TPSA) is 65.0 Å². The van der Waals surface area contributed by atoms with Gasteiger partial charge >= 0.3 is 0 Å². The summed E-state index contributed by atoms with van der Waals surface area (Å²) >= 11 is 9.34. The number of hydrogen-bond donors (Lipinski definition) is 3. The Balaban J connectivity index is 0.00000312. The molecule has 0 unspecified atom stereocenters. The molecule has 0 atom stereocenters. The summed E-state index contributed by atoms with van der Waals surface area (Å²) in [5.74, 6) is -0.420. The molecule has 2 aromatic rings. The molecule has 0 heterocycles. The molecule has 0 spiro atoms. The summed E-state index contributed by atoms with van der Waals surface area (Å²) in [6, 6.07) is 9.04. The van der Waals surface area contributed by atoms with Gasteiger partial charge in [0.15, 0.2) is 0 Å². The monoisotopic (exact) mass is 423 g/mol. The first kappa shape index (κ1) is 21.2. The highest BCUT2D eigenvalue weighted by Crippen LogP contribution is 2.30. The third-order valence-corrected chi connectivity index (χ3v) is 5.02. The number of benzene rings is 2. The SMILES string of the molecule is C.CNc1c(C(=N)C(=O)NCc2ccc(Cl)cc2)cc(Br)c(C)c1C. The normalized spacial score (nSPS) is 9.96. The largest absolute Gasteiger partial charge is 0.387 e. The van der Waals surface area contributed by atoms with Crippen molar-refractivity contribution in [3.05, 3.63) is 62.1 Å². The van der Waals surface area contributed by atoms with Crippen molar-refractivity contribution in [2.75, 3.05) is 12.4 Å². The first-order valence-electron chi connectivity index (χ1n) is 7.44. The third kappa shape index (κ3) is 4.83.